The van der Waals surface area contributed by atoms with Crippen LogP contribution in [0.1, 0.15) is 16.7 Å². The molecule has 0 fully saturated rings. The largest absolute Gasteiger partial charge is 0.398 e. The lowest BCUT2D eigenvalue weighted by Crippen LogP contribution is -2.28. The normalized spacial score (nSPS) is 10.3. The lowest BCUT2D eigenvalue weighted by Gasteiger charge is -2.19. The third-order valence-electron chi connectivity index (χ3n) is 3.49. The van der Waals surface area contributed by atoms with Crippen LogP contribution in [0, 0.1) is 6.92 Å². The van der Waals surface area contributed by atoms with Crippen LogP contribution in [0.3, 0.4) is 0 Å². The first-order valence-electron chi connectivity index (χ1n) is 6.70. The Hall–Kier alpha value is -2.29. The summed E-state index contributed by atoms with van der Waals surface area (Å²) in [4.78, 5) is 14.0. The molecule has 0 bridgehead atoms. The van der Waals surface area contributed by atoms with Crippen LogP contribution in [0.4, 0.5) is 5.69 Å². The molecule has 1 amide bonds. The third-order valence-corrected chi connectivity index (χ3v) is 3.49. The molecule has 2 N–H and O–H groups in total. The molecule has 3 nitrogen and oxygen atoms in total. The first-order valence-corrected chi connectivity index (χ1v) is 6.70. The molecule has 0 unspecified atom stereocenters. The van der Waals surface area contributed by atoms with Crippen molar-refractivity contribution in [2.24, 2.45) is 0 Å². The van der Waals surface area contributed by atoms with Gasteiger partial charge in [0.2, 0.25) is 5.91 Å². The summed E-state index contributed by atoms with van der Waals surface area (Å²) in [5.41, 5.74) is 9.80. The van der Waals surface area contributed by atoms with Crippen LogP contribution in [-0.4, -0.2) is 17.9 Å². The first-order chi connectivity index (χ1) is 9.58. The number of para-hydroxylation sites is 1. The molecular formula is C17H20N2O. The summed E-state index contributed by atoms with van der Waals surface area (Å²) in [6.45, 7) is 2.68. The van der Waals surface area contributed by atoms with Crippen LogP contribution >= 0.6 is 0 Å². The minimum absolute atomic E-state index is 0.0751. The number of hydrogen-bond acceptors (Lipinski definition) is 2. The van der Waals surface area contributed by atoms with Gasteiger partial charge >= 0.3 is 0 Å². The molecule has 0 aliphatic rings. The van der Waals surface area contributed by atoms with Crippen molar-refractivity contribution in [3.05, 3.63) is 65.2 Å². The topological polar surface area (TPSA) is 46.3 Å². The lowest BCUT2D eigenvalue weighted by molar-refractivity contribution is -0.129. The number of likely N-dealkylation sites (N-methyl/N-ethyl adjacent to an activating group) is 1. The van der Waals surface area contributed by atoms with Crippen LogP contribution in [-0.2, 0) is 17.8 Å². The van der Waals surface area contributed by atoms with E-state index in [4.69, 9.17) is 5.73 Å². The van der Waals surface area contributed by atoms with Crippen molar-refractivity contribution in [1.82, 2.24) is 4.90 Å². The molecule has 0 aliphatic heterocycles. The molecule has 2 aromatic carbocycles. The van der Waals surface area contributed by atoms with Crippen molar-refractivity contribution in [3.63, 3.8) is 0 Å². The number of carbonyl (C=O) groups excluding carboxylic acids is 1. The maximum Gasteiger partial charge on any atom is 0.227 e. The Kier molecular flexibility index (Phi) is 4.41. The van der Waals surface area contributed by atoms with E-state index in [1.807, 2.05) is 43.4 Å². The van der Waals surface area contributed by atoms with Gasteiger partial charge in [-0.3, -0.25) is 4.79 Å². The summed E-state index contributed by atoms with van der Waals surface area (Å²) >= 11 is 0. The highest BCUT2D eigenvalue weighted by Gasteiger charge is 2.12. The van der Waals surface area contributed by atoms with Gasteiger partial charge in [0.25, 0.3) is 0 Å². The zero-order chi connectivity index (χ0) is 14.5. The first kappa shape index (κ1) is 14.1. The highest BCUT2D eigenvalue weighted by molar-refractivity contribution is 5.80. The Balaban J connectivity index is 2.03. The molecule has 0 spiro atoms. The molecule has 0 saturated carbocycles. The Labute approximate surface area is 120 Å². The summed E-state index contributed by atoms with van der Waals surface area (Å²) in [7, 11) is 1.83. The summed E-state index contributed by atoms with van der Waals surface area (Å²) in [5, 5.41) is 0. The molecule has 0 aromatic heterocycles. The average molecular weight is 268 g/mol. The monoisotopic (exact) mass is 268 g/mol. The van der Waals surface area contributed by atoms with E-state index in [1.165, 1.54) is 11.1 Å². The van der Waals surface area contributed by atoms with Gasteiger partial charge in [-0.1, -0.05) is 42.5 Å². The van der Waals surface area contributed by atoms with Gasteiger partial charge in [-0.25, -0.2) is 0 Å². The fourth-order valence-electron chi connectivity index (χ4n) is 2.12. The summed E-state index contributed by atoms with van der Waals surface area (Å²) in [6, 6.07) is 15.6. The molecule has 3 heteroatoms. The predicted molar refractivity (Wildman–Crippen MR) is 82.2 cm³/mol. The number of hydrogen-bond donors (Lipinski definition) is 1. The Morgan fingerprint density at radius 3 is 2.30 bits per heavy atom. The van der Waals surface area contributed by atoms with Crippen molar-refractivity contribution in [2.75, 3.05) is 12.8 Å². The molecule has 0 aliphatic carbocycles. The molecule has 0 heterocycles. The Bertz CT molecular complexity index is 607. The van der Waals surface area contributed by atoms with E-state index in [0.717, 1.165) is 5.56 Å². The highest BCUT2D eigenvalue weighted by atomic mass is 16.2. The maximum atomic E-state index is 12.3. The van der Waals surface area contributed by atoms with Gasteiger partial charge in [0, 0.05) is 19.3 Å². The number of benzene rings is 2. The number of nitrogens with two attached hydrogens (primary N) is 1. The maximum absolute atomic E-state index is 12.3. The van der Waals surface area contributed by atoms with Crippen molar-refractivity contribution in [1.29, 1.82) is 0 Å². The predicted octanol–water partition coefficient (Wildman–Crippen LogP) is 2.78. The molecule has 0 radical (unpaired) electrons. The number of rotatable bonds is 4. The van der Waals surface area contributed by atoms with E-state index in [9.17, 15) is 4.79 Å². The van der Waals surface area contributed by atoms with E-state index in [1.54, 1.807) is 4.90 Å². The second kappa shape index (κ2) is 6.24. The molecule has 20 heavy (non-hydrogen) atoms. The summed E-state index contributed by atoms with van der Waals surface area (Å²) < 4.78 is 0. The summed E-state index contributed by atoms with van der Waals surface area (Å²) in [5.74, 6) is 0.0751. The van der Waals surface area contributed by atoms with Crippen LogP contribution in [0.5, 0.6) is 0 Å². The second-order valence-corrected chi connectivity index (χ2v) is 5.05. The molecule has 104 valence electrons. The molecule has 0 atom stereocenters. The summed E-state index contributed by atoms with van der Waals surface area (Å²) in [6.07, 6.45) is 0.342. The van der Waals surface area contributed by atoms with E-state index >= 15 is 0 Å². The average Bonchev–Trinajstić information content (AvgIpc) is 2.43. The fraction of sp³-hybridized carbons (Fsp3) is 0.235. The lowest BCUT2D eigenvalue weighted by atomic mass is 10.1. The quantitative estimate of drug-likeness (QED) is 0.867. The number of nitrogen functional groups attached to an aromatic ring is 1. The molecular weight excluding hydrogens is 248 g/mol. The van der Waals surface area contributed by atoms with Crippen molar-refractivity contribution < 1.29 is 4.79 Å². The van der Waals surface area contributed by atoms with Crippen LogP contribution in [0.25, 0.3) is 0 Å². The van der Waals surface area contributed by atoms with E-state index < -0.39 is 0 Å². The van der Waals surface area contributed by atoms with Gasteiger partial charge in [0.15, 0.2) is 0 Å². The number of amides is 1. The minimum Gasteiger partial charge on any atom is -0.398 e. The molecule has 2 rings (SSSR count). The number of carbonyl (C=O) groups is 1. The van der Waals surface area contributed by atoms with Gasteiger partial charge in [0.05, 0.1) is 6.42 Å². The third kappa shape index (κ3) is 3.38. The van der Waals surface area contributed by atoms with Gasteiger partial charge in [-0.15, -0.1) is 0 Å². The van der Waals surface area contributed by atoms with Crippen LogP contribution in [0.15, 0.2) is 48.5 Å². The van der Waals surface area contributed by atoms with E-state index in [2.05, 4.69) is 19.1 Å². The van der Waals surface area contributed by atoms with E-state index in [-0.39, 0.29) is 5.91 Å². The number of anilines is 1. The van der Waals surface area contributed by atoms with Crippen LogP contribution in [0.2, 0.25) is 0 Å². The SMILES string of the molecule is Cc1ccccc1CN(C)C(=O)Cc1ccccc1N. The molecule has 2 aromatic rings. The Morgan fingerprint density at radius 2 is 1.65 bits per heavy atom. The van der Waals surface area contributed by atoms with Crippen molar-refractivity contribution in [2.45, 2.75) is 19.9 Å². The zero-order valence-electron chi connectivity index (χ0n) is 12.0. The van der Waals surface area contributed by atoms with E-state index in [0.29, 0.717) is 18.7 Å². The smallest absolute Gasteiger partial charge is 0.227 e. The van der Waals surface area contributed by atoms with Gasteiger partial charge in [-0.2, -0.15) is 0 Å². The van der Waals surface area contributed by atoms with Crippen molar-refractivity contribution in [3.8, 4) is 0 Å². The highest BCUT2D eigenvalue weighted by Crippen LogP contribution is 2.14. The second-order valence-electron chi connectivity index (χ2n) is 5.05. The van der Waals surface area contributed by atoms with Gasteiger partial charge < -0.3 is 10.6 Å². The van der Waals surface area contributed by atoms with Crippen molar-refractivity contribution >= 4 is 11.6 Å². The number of aryl methyl sites for hydroxylation is 1. The standard InChI is InChI=1S/C17H20N2O/c1-13-7-3-4-9-15(13)12-19(2)17(20)11-14-8-5-6-10-16(14)18/h3-10H,11-12,18H2,1-2H3. The van der Waals surface area contributed by atoms with Gasteiger partial charge in [-0.05, 0) is 29.7 Å². The van der Waals surface area contributed by atoms with Crippen LogP contribution < -0.4 is 5.73 Å². The van der Waals surface area contributed by atoms with Gasteiger partial charge in [0.1, 0.15) is 0 Å². The fourth-order valence-corrected chi connectivity index (χ4v) is 2.12. The number of nitrogens with zero attached hydrogens (tertiary/aromatic N) is 1. The molecule has 0 saturated heterocycles. The minimum atomic E-state index is 0.0751. The zero-order valence-corrected chi connectivity index (χ0v) is 12.0. The Morgan fingerprint density at radius 1 is 1.05 bits per heavy atom.